The Balaban J connectivity index is 2.14. The lowest BCUT2D eigenvalue weighted by Crippen LogP contribution is -1.93. The molecule has 0 saturated heterocycles. The molecule has 0 fully saturated rings. The fraction of sp³-hybridized carbons (Fsp3) is 0.0625. The lowest BCUT2D eigenvalue weighted by molar-refractivity contribution is 0.105. The molecule has 2 aromatic carbocycles. The summed E-state index contributed by atoms with van der Waals surface area (Å²) in [4.78, 5) is 11.7. The van der Waals surface area contributed by atoms with Crippen molar-refractivity contribution in [3.05, 3.63) is 65.7 Å². The summed E-state index contributed by atoms with van der Waals surface area (Å²) in [5, 5.41) is 0. The number of methoxy groups -OCH3 is 1. The second-order valence-electron chi connectivity index (χ2n) is 3.67. The van der Waals surface area contributed by atoms with E-state index in [0.29, 0.717) is 5.56 Å². The molecule has 2 nitrogen and oxygen atoms in total. The molecular weight excluding hydrogens is 225 g/mol. The Bertz CT molecular complexity index is 586. The molecule has 0 radical (unpaired) electrons. The van der Waals surface area contributed by atoms with E-state index in [-0.39, 0.29) is 5.78 Å². The van der Waals surface area contributed by atoms with E-state index in [9.17, 15) is 4.79 Å². The Morgan fingerprint density at radius 3 is 2.28 bits per heavy atom. The van der Waals surface area contributed by atoms with E-state index in [1.165, 1.54) is 0 Å². The van der Waals surface area contributed by atoms with Gasteiger partial charge in [-0.3, -0.25) is 4.79 Å². The molecule has 0 aliphatic carbocycles. The number of rotatable bonds is 2. The monoisotopic (exact) mass is 237 g/mol. The van der Waals surface area contributed by atoms with Gasteiger partial charge >= 0.3 is 0 Å². The van der Waals surface area contributed by atoms with Crippen LogP contribution in [0.25, 0.3) is 0 Å². The molecule has 0 aliphatic rings. The molecule has 2 aromatic rings. The van der Waals surface area contributed by atoms with Gasteiger partial charge in [0.05, 0.1) is 7.11 Å². The smallest absolute Gasteiger partial charge is 0.236 e. The van der Waals surface area contributed by atoms with Gasteiger partial charge in [-0.2, -0.15) is 0 Å². The SMILES string of the molecule is COc1ccc(C#[13C]C(=O)c2ccccc2)cc1. The molecule has 0 unspecified atom stereocenters. The topological polar surface area (TPSA) is 26.3 Å². The quantitative estimate of drug-likeness (QED) is 0.456. The highest BCUT2D eigenvalue weighted by molar-refractivity contribution is 6.09. The zero-order valence-electron chi connectivity index (χ0n) is 10.0. The standard InChI is InChI=1S/C16H12O2/c1-18-15-10-7-13(8-11-15)9-12-16(17)14-5-3-2-4-6-14/h2-8,10-11H,1H3/i12+1. The molecule has 2 heteroatoms. The molecular formula is C16H12O2. The highest BCUT2D eigenvalue weighted by atomic mass is 16.5. The van der Waals surface area contributed by atoms with Crippen LogP contribution in [0.2, 0.25) is 0 Å². The Hall–Kier alpha value is -2.53. The number of hydrogen-bond acceptors (Lipinski definition) is 2. The normalized spacial score (nSPS) is 9.17. The van der Waals surface area contributed by atoms with Gasteiger partial charge in [-0.05, 0) is 30.2 Å². The van der Waals surface area contributed by atoms with Crippen molar-refractivity contribution < 1.29 is 9.53 Å². The minimum atomic E-state index is -0.175. The largest absolute Gasteiger partial charge is 0.497 e. The van der Waals surface area contributed by atoms with Crippen LogP contribution in [0.3, 0.4) is 0 Å². The van der Waals surface area contributed by atoms with Crippen molar-refractivity contribution in [1.82, 2.24) is 0 Å². The van der Waals surface area contributed by atoms with Gasteiger partial charge in [-0.25, -0.2) is 0 Å². The number of benzene rings is 2. The molecule has 0 saturated carbocycles. The number of ketones is 1. The molecule has 0 bridgehead atoms. The summed E-state index contributed by atoms with van der Waals surface area (Å²) >= 11 is 0. The van der Waals surface area contributed by atoms with Crippen LogP contribution in [0, 0.1) is 11.8 Å². The molecule has 0 atom stereocenters. The molecule has 2 rings (SSSR count). The molecule has 18 heavy (non-hydrogen) atoms. The van der Waals surface area contributed by atoms with Crippen LogP contribution in [0.1, 0.15) is 15.9 Å². The van der Waals surface area contributed by atoms with E-state index in [2.05, 4.69) is 11.8 Å². The molecule has 0 heterocycles. The fourth-order valence-corrected chi connectivity index (χ4v) is 1.46. The van der Waals surface area contributed by atoms with Crippen molar-refractivity contribution >= 4 is 5.78 Å². The van der Waals surface area contributed by atoms with Crippen molar-refractivity contribution in [2.75, 3.05) is 7.11 Å². The minimum Gasteiger partial charge on any atom is -0.497 e. The second kappa shape index (κ2) is 5.70. The predicted octanol–water partition coefficient (Wildman–Crippen LogP) is 2.93. The van der Waals surface area contributed by atoms with Gasteiger partial charge < -0.3 is 4.74 Å². The average molecular weight is 237 g/mol. The summed E-state index contributed by atoms with van der Waals surface area (Å²) in [5.74, 6) is 6.06. The lowest BCUT2D eigenvalue weighted by atomic mass is 10.2. The Kier molecular flexibility index (Phi) is 3.78. The van der Waals surface area contributed by atoms with E-state index in [0.717, 1.165) is 11.3 Å². The van der Waals surface area contributed by atoms with E-state index in [4.69, 9.17) is 4.74 Å². The molecule has 0 aliphatic heterocycles. The van der Waals surface area contributed by atoms with Crippen molar-refractivity contribution in [2.24, 2.45) is 0 Å². The third-order valence-corrected chi connectivity index (χ3v) is 2.45. The maximum atomic E-state index is 11.7. The van der Waals surface area contributed by atoms with Crippen LogP contribution in [0.15, 0.2) is 54.6 Å². The highest BCUT2D eigenvalue weighted by Crippen LogP contribution is 2.10. The third kappa shape index (κ3) is 2.99. The summed E-state index contributed by atoms with van der Waals surface area (Å²) in [5.41, 5.74) is 1.40. The van der Waals surface area contributed by atoms with Crippen LogP contribution < -0.4 is 4.74 Å². The third-order valence-electron chi connectivity index (χ3n) is 2.45. The lowest BCUT2D eigenvalue weighted by Gasteiger charge is -1.97. The summed E-state index contributed by atoms with van der Waals surface area (Å²) < 4.78 is 5.05. The van der Waals surface area contributed by atoms with Crippen LogP contribution in [0.4, 0.5) is 0 Å². The highest BCUT2D eigenvalue weighted by Gasteiger charge is 1.99. The molecule has 0 N–H and O–H groups in total. The van der Waals surface area contributed by atoms with E-state index in [1.807, 2.05) is 42.5 Å². The second-order valence-corrected chi connectivity index (χ2v) is 3.67. The Labute approximate surface area is 106 Å². The summed E-state index contributed by atoms with van der Waals surface area (Å²) in [6.45, 7) is 0. The number of hydrogen-bond donors (Lipinski definition) is 0. The minimum absolute atomic E-state index is 0.175. The van der Waals surface area contributed by atoms with Crippen LogP contribution >= 0.6 is 0 Å². The van der Waals surface area contributed by atoms with Gasteiger partial charge in [0.2, 0.25) is 5.78 Å². The number of carbonyl (C=O) groups is 1. The van der Waals surface area contributed by atoms with Gasteiger partial charge in [-0.1, -0.05) is 36.3 Å². The first-order valence-corrected chi connectivity index (χ1v) is 5.55. The molecule has 0 spiro atoms. The summed E-state index contributed by atoms with van der Waals surface area (Å²) in [7, 11) is 1.61. The van der Waals surface area contributed by atoms with Crippen molar-refractivity contribution in [3.8, 4) is 17.6 Å². The van der Waals surface area contributed by atoms with Crippen molar-refractivity contribution in [3.63, 3.8) is 0 Å². The zero-order valence-corrected chi connectivity index (χ0v) is 10.0. The van der Waals surface area contributed by atoms with Crippen LogP contribution in [0.5, 0.6) is 5.75 Å². The zero-order chi connectivity index (χ0) is 12.8. The van der Waals surface area contributed by atoms with Gasteiger partial charge in [0, 0.05) is 11.1 Å². The van der Waals surface area contributed by atoms with Crippen molar-refractivity contribution in [2.45, 2.75) is 0 Å². The predicted molar refractivity (Wildman–Crippen MR) is 70.6 cm³/mol. The molecule has 0 amide bonds. The fourth-order valence-electron chi connectivity index (χ4n) is 1.46. The van der Waals surface area contributed by atoms with Crippen molar-refractivity contribution in [1.29, 1.82) is 0 Å². The van der Waals surface area contributed by atoms with E-state index in [1.54, 1.807) is 19.2 Å². The number of Topliss-reactive ketones (excluding diaryl/α,β-unsaturated/α-hetero) is 1. The van der Waals surface area contributed by atoms with Crippen LogP contribution in [-0.2, 0) is 0 Å². The number of ether oxygens (including phenoxy) is 1. The number of carbonyl (C=O) groups excluding carboxylic acids is 1. The van der Waals surface area contributed by atoms with Crippen LogP contribution in [-0.4, -0.2) is 12.9 Å². The molecule has 88 valence electrons. The van der Waals surface area contributed by atoms with Gasteiger partial charge in [0.1, 0.15) is 5.75 Å². The van der Waals surface area contributed by atoms with Gasteiger partial charge in [0.25, 0.3) is 0 Å². The Morgan fingerprint density at radius 2 is 1.67 bits per heavy atom. The van der Waals surface area contributed by atoms with E-state index < -0.39 is 0 Å². The first kappa shape index (κ1) is 11.9. The van der Waals surface area contributed by atoms with Gasteiger partial charge in [0.15, 0.2) is 0 Å². The first-order chi connectivity index (χ1) is 8.79. The maximum Gasteiger partial charge on any atom is 0.236 e. The van der Waals surface area contributed by atoms with Gasteiger partial charge in [-0.15, -0.1) is 0 Å². The Morgan fingerprint density at radius 1 is 1.00 bits per heavy atom. The molecule has 0 aromatic heterocycles. The summed E-state index contributed by atoms with van der Waals surface area (Å²) in [6, 6.07) is 16.3. The van der Waals surface area contributed by atoms with E-state index >= 15 is 0 Å². The first-order valence-electron chi connectivity index (χ1n) is 5.55. The summed E-state index contributed by atoms with van der Waals surface area (Å²) in [6.07, 6.45) is 0. The maximum absolute atomic E-state index is 11.7. The average Bonchev–Trinajstić information content (AvgIpc) is 2.46.